The van der Waals surface area contributed by atoms with Gasteiger partial charge in [-0.05, 0) is 25.0 Å². The molecule has 0 saturated carbocycles. The number of oxime groups is 1. The lowest BCUT2D eigenvalue weighted by Gasteiger charge is -2.06. The van der Waals surface area contributed by atoms with Crippen molar-refractivity contribution in [1.29, 1.82) is 0 Å². The molecule has 0 unspecified atom stereocenters. The Morgan fingerprint density at radius 1 is 1.47 bits per heavy atom. The molecule has 0 aliphatic rings. The van der Waals surface area contributed by atoms with Gasteiger partial charge in [-0.25, -0.2) is 4.79 Å². The smallest absolute Gasteiger partial charge is 0.361 e. The van der Waals surface area contributed by atoms with Crippen LogP contribution in [0.1, 0.15) is 18.9 Å². The highest BCUT2D eigenvalue weighted by Crippen LogP contribution is 2.16. The van der Waals surface area contributed by atoms with Crippen LogP contribution in [-0.4, -0.2) is 16.9 Å². The molecule has 1 aromatic rings. The topological polar surface area (TPSA) is 58.9 Å². The van der Waals surface area contributed by atoms with Crippen molar-refractivity contribution in [1.82, 2.24) is 0 Å². The average Bonchev–Trinajstić information content (AvgIpc) is 2.23. The lowest BCUT2D eigenvalue weighted by molar-refractivity contribution is -0.127. The Balaban J connectivity index is 2.79. The monoisotopic (exact) mass is 207 g/mol. The molecular formula is C11H13NO3. The van der Waals surface area contributed by atoms with E-state index in [1.165, 1.54) is 0 Å². The van der Waals surface area contributed by atoms with Crippen LogP contribution in [0, 0.1) is 6.92 Å². The second kappa shape index (κ2) is 5.14. The van der Waals surface area contributed by atoms with Gasteiger partial charge in [-0.2, -0.15) is 0 Å². The maximum absolute atomic E-state index is 11.4. The molecule has 0 radical (unpaired) electrons. The molecule has 0 spiro atoms. The van der Waals surface area contributed by atoms with Gasteiger partial charge in [-0.1, -0.05) is 30.3 Å². The summed E-state index contributed by atoms with van der Waals surface area (Å²) in [7, 11) is 0. The molecule has 15 heavy (non-hydrogen) atoms. The molecule has 1 N–H and O–H groups in total. The van der Waals surface area contributed by atoms with Crippen molar-refractivity contribution in [3.8, 4) is 5.75 Å². The Morgan fingerprint density at radius 2 is 2.13 bits per heavy atom. The van der Waals surface area contributed by atoms with Gasteiger partial charge in [0.05, 0.1) is 0 Å². The first-order valence-electron chi connectivity index (χ1n) is 4.67. The van der Waals surface area contributed by atoms with E-state index < -0.39 is 5.97 Å². The van der Waals surface area contributed by atoms with E-state index in [-0.39, 0.29) is 5.71 Å². The Hall–Kier alpha value is -1.84. The van der Waals surface area contributed by atoms with Crippen LogP contribution in [0.2, 0.25) is 0 Å². The van der Waals surface area contributed by atoms with E-state index in [9.17, 15) is 4.79 Å². The first-order chi connectivity index (χ1) is 7.19. The van der Waals surface area contributed by atoms with Crippen molar-refractivity contribution in [2.75, 3.05) is 0 Å². The minimum Gasteiger partial charge on any atom is -0.422 e. The number of nitrogens with zero attached hydrogens (tertiary/aromatic N) is 1. The summed E-state index contributed by atoms with van der Waals surface area (Å²) in [6.45, 7) is 3.55. The average molecular weight is 207 g/mol. The molecule has 0 saturated heterocycles. The number of benzene rings is 1. The largest absolute Gasteiger partial charge is 0.422 e. The summed E-state index contributed by atoms with van der Waals surface area (Å²) in [5.74, 6) is -0.133. The standard InChI is InChI=1S/C11H13NO3/c1-3-9(12-14)11(13)15-10-7-5-4-6-8(10)2/h4-7,14H,3H2,1-2H3. The summed E-state index contributed by atoms with van der Waals surface area (Å²) in [5, 5.41) is 11.4. The lowest BCUT2D eigenvalue weighted by atomic mass is 10.2. The Labute approximate surface area is 88.2 Å². The van der Waals surface area contributed by atoms with Crippen molar-refractivity contribution in [2.24, 2.45) is 5.16 Å². The second-order valence-electron chi connectivity index (χ2n) is 3.06. The van der Waals surface area contributed by atoms with E-state index >= 15 is 0 Å². The van der Waals surface area contributed by atoms with Gasteiger partial charge in [0.15, 0.2) is 5.71 Å². The number of hydrogen-bond acceptors (Lipinski definition) is 4. The van der Waals surface area contributed by atoms with Gasteiger partial charge in [-0.3, -0.25) is 0 Å². The van der Waals surface area contributed by atoms with Crippen molar-refractivity contribution < 1.29 is 14.7 Å². The van der Waals surface area contributed by atoms with Gasteiger partial charge in [0.1, 0.15) is 5.75 Å². The van der Waals surface area contributed by atoms with Crippen LogP contribution >= 0.6 is 0 Å². The van der Waals surface area contributed by atoms with E-state index in [1.807, 2.05) is 19.1 Å². The van der Waals surface area contributed by atoms with Crippen molar-refractivity contribution in [3.63, 3.8) is 0 Å². The quantitative estimate of drug-likeness (QED) is 0.271. The van der Waals surface area contributed by atoms with Crippen LogP contribution in [0.25, 0.3) is 0 Å². The number of para-hydroxylation sites is 1. The highest BCUT2D eigenvalue weighted by molar-refractivity contribution is 6.36. The van der Waals surface area contributed by atoms with E-state index in [0.717, 1.165) is 5.56 Å². The molecule has 80 valence electrons. The normalized spacial score (nSPS) is 11.2. The number of esters is 1. The summed E-state index contributed by atoms with van der Waals surface area (Å²) in [6, 6.07) is 7.16. The van der Waals surface area contributed by atoms with Crippen LogP contribution in [0.5, 0.6) is 5.75 Å². The molecule has 0 bridgehead atoms. The zero-order valence-electron chi connectivity index (χ0n) is 8.73. The van der Waals surface area contributed by atoms with Crippen molar-refractivity contribution >= 4 is 11.7 Å². The highest BCUT2D eigenvalue weighted by Gasteiger charge is 2.13. The Kier molecular flexibility index (Phi) is 3.85. The first kappa shape index (κ1) is 11.2. The molecule has 1 aromatic carbocycles. The maximum Gasteiger partial charge on any atom is 0.361 e. The van der Waals surface area contributed by atoms with E-state index in [0.29, 0.717) is 12.2 Å². The van der Waals surface area contributed by atoms with Gasteiger partial charge >= 0.3 is 5.97 Å². The Morgan fingerprint density at radius 3 is 2.67 bits per heavy atom. The summed E-state index contributed by atoms with van der Waals surface area (Å²) in [6.07, 6.45) is 0.335. The molecule has 4 nitrogen and oxygen atoms in total. The van der Waals surface area contributed by atoms with Gasteiger partial charge < -0.3 is 9.94 Å². The van der Waals surface area contributed by atoms with Crippen LogP contribution in [-0.2, 0) is 4.79 Å². The van der Waals surface area contributed by atoms with Gasteiger partial charge in [-0.15, -0.1) is 0 Å². The molecule has 0 aromatic heterocycles. The fourth-order valence-corrected chi connectivity index (χ4v) is 1.09. The molecule has 0 heterocycles. The Bertz CT molecular complexity index is 385. The van der Waals surface area contributed by atoms with Gasteiger partial charge in [0.2, 0.25) is 0 Å². The van der Waals surface area contributed by atoms with Crippen LogP contribution < -0.4 is 4.74 Å². The van der Waals surface area contributed by atoms with Gasteiger partial charge in [0, 0.05) is 0 Å². The van der Waals surface area contributed by atoms with E-state index in [1.54, 1.807) is 19.1 Å². The summed E-state index contributed by atoms with van der Waals surface area (Å²) >= 11 is 0. The van der Waals surface area contributed by atoms with E-state index in [2.05, 4.69) is 5.16 Å². The summed E-state index contributed by atoms with van der Waals surface area (Å²) in [4.78, 5) is 11.4. The van der Waals surface area contributed by atoms with Crippen LogP contribution in [0.3, 0.4) is 0 Å². The predicted molar refractivity (Wildman–Crippen MR) is 56.3 cm³/mol. The SMILES string of the molecule is CCC(=NO)C(=O)Oc1ccccc1C. The maximum atomic E-state index is 11.4. The second-order valence-corrected chi connectivity index (χ2v) is 3.06. The number of carbonyl (C=O) groups excluding carboxylic acids is 1. The molecule has 0 aliphatic carbocycles. The zero-order chi connectivity index (χ0) is 11.3. The third-order valence-corrected chi connectivity index (χ3v) is 1.99. The molecule has 0 aliphatic heterocycles. The number of rotatable bonds is 3. The van der Waals surface area contributed by atoms with Crippen molar-refractivity contribution in [3.05, 3.63) is 29.8 Å². The fraction of sp³-hybridized carbons (Fsp3) is 0.273. The highest BCUT2D eigenvalue weighted by atomic mass is 16.5. The predicted octanol–water partition coefficient (Wildman–Crippen LogP) is 2.14. The summed E-state index contributed by atoms with van der Waals surface area (Å²) < 4.78 is 5.06. The molecular weight excluding hydrogens is 194 g/mol. The number of hydrogen-bond donors (Lipinski definition) is 1. The molecule has 0 fully saturated rings. The number of ether oxygens (including phenoxy) is 1. The molecule has 0 atom stereocenters. The first-order valence-corrected chi connectivity index (χ1v) is 4.67. The fourth-order valence-electron chi connectivity index (χ4n) is 1.09. The van der Waals surface area contributed by atoms with Crippen LogP contribution in [0.15, 0.2) is 29.4 Å². The minimum atomic E-state index is -0.616. The molecule has 0 amide bonds. The molecule has 4 heteroatoms. The third kappa shape index (κ3) is 2.80. The lowest BCUT2D eigenvalue weighted by Crippen LogP contribution is -2.20. The number of carbonyl (C=O) groups is 1. The number of aryl methyl sites for hydroxylation is 1. The minimum absolute atomic E-state index is 0.0123. The third-order valence-electron chi connectivity index (χ3n) is 1.99. The van der Waals surface area contributed by atoms with Crippen LogP contribution in [0.4, 0.5) is 0 Å². The van der Waals surface area contributed by atoms with Crippen molar-refractivity contribution in [2.45, 2.75) is 20.3 Å². The van der Waals surface area contributed by atoms with Gasteiger partial charge in [0.25, 0.3) is 0 Å². The molecule has 1 rings (SSSR count). The zero-order valence-corrected chi connectivity index (χ0v) is 8.73. The summed E-state index contributed by atoms with van der Waals surface area (Å²) in [5.41, 5.74) is 0.873. The van der Waals surface area contributed by atoms with E-state index in [4.69, 9.17) is 9.94 Å².